The molecular weight excluding hydrogens is 268 g/mol. The molecule has 0 aromatic rings. The Bertz CT molecular complexity index is 383. The molecule has 0 radical (unpaired) electrons. The molecule has 2 aliphatic rings. The van der Waals surface area contributed by atoms with Gasteiger partial charge in [-0.05, 0) is 37.6 Å². The van der Waals surface area contributed by atoms with Gasteiger partial charge >= 0.3 is 5.97 Å². The maximum absolute atomic E-state index is 12.5. The third-order valence-electron chi connectivity index (χ3n) is 5.29. The number of amides is 1. The van der Waals surface area contributed by atoms with E-state index >= 15 is 0 Å². The van der Waals surface area contributed by atoms with Crippen molar-refractivity contribution in [3.63, 3.8) is 0 Å². The fourth-order valence-electron chi connectivity index (χ4n) is 3.96. The number of hydrogen-bond acceptors (Lipinski definition) is 4. The van der Waals surface area contributed by atoms with Crippen molar-refractivity contribution >= 4 is 11.9 Å². The number of ether oxygens (including phenoxy) is 1. The first-order valence-corrected chi connectivity index (χ1v) is 8.15. The van der Waals surface area contributed by atoms with E-state index in [4.69, 9.17) is 10.5 Å². The maximum atomic E-state index is 12.5. The molecule has 0 atom stereocenters. The molecule has 0 heterocycles. The Morgan fingerprint density at radius 2 is 1.62 bits per heavy atom. The lowest BCUT2D eigenvalue weighted by Gasteiger charge is -2.37. The Morgan fingerprint density at radius 1 is 1.05 bits per heavy atom. The van der Waals surface area contributed by atoms with Crippen LogP contribution in [0.1, 0.15) is 64.2 Å². The van der Waals surface area contributed by atoms with Gasteiger partial charge in [-0.3, -0.25) is 4.79 Å². The molecule has 3 N–H and O–H groups in total. The molecule has 2 fully saturated rings. The average molecular weight is 296 g/mol. The SMILES string of the molecule is COC(=O)C1(NC(=O)CC2(CN)CCCCC2)CCCC1. The van der Waals surface area contributed by atoms with E-state index in [9.17, 15) is 9.59 Å². The van der Waals surface area contributed by atoms with E-state index < -0.39 is 5.54 Å². The van der Waals surface area contributed by atoms with Crippen LogP contribution in [0.3, 0.4) is 0 Å². The van der Waals surface area contributed by atoms with E-state index in [-0.39, 0.29) is 17.3 Å². The number of carbonyl (C=O) groups is 2. The largest absolute Gasteiger partial charge is 0.467 e. The van der Waals surface area contributed by atoms with Crippen molar-refractivity contribution in [2.45, 2.75) is 69.7 Å². The van der Waals surface area contributed by atoms with Gasteiger partial charge in [-0.25, -0.2) is 4.79 Å². The van der Waals surface area contributed by atoms with Crippen LogP contribution in [0.4, 0.5) is 0 Å². The summed E-state index contributed by atoms with van der Waals surface area (Å²) in [6.07, 6.45) is 9.26. The number of nitrogens with one attached hydrogen (secondary N) is 1. The van der Waals surface area contributed by atoms with Crippen molar-refractivity contribution in [2.24, 2.45) is 11.1 Å². The molecule has 2 aliphatic carbocycles. The number of methoxy groups -OCH3 is 1. The molecule has 2 rings (SSSR count). The van der Waals surface area contributed by atoms with E-state index in [1.54, 1.807) is 0 Å². The van der Waals surface area contributed by atoms with Crippen LogP contribution in [0, 0.1) is 5.41 Å². The van der Waals surface area contributed by atoms with E-state index in [1.807, 2.05) is 0 Å². The molecule has 21 heavy (non-hydrogen) atoms. The molecule has 1 amide bonds. The predicted octanol–water partition coefficient (Wildman–Crippen LogP) is 1.89. The molecule has 0 aliphatic heterocycles. The van der Waals surface area contributed by atoms with Gasteiger partial charge < -0.3 is 15.8 Å². The van der Waals surface area contributed by atoms with Crippen LogP contribution in [0.2, 0.25) is 0 Å². The van der Waals surface area contributed by atoms with Gasteiger partial charge in [-0.15, -0.1) is 0 Å². The highest BCUT2D eigenvalue weighted by molar-refractivity contribution is 5.88. The van der Waals surface area contributed by atoms with Gasteiger partial charge in [0.05, 0.1) is 7.11 Å². The minimum Gasteiger partial charge on any atom is -0.467 e. The van der Waals surface area contributed by atoms with E-state index in [1.165, 1.54) is 13.5 Å². The van der Waals surface area contributed by atoms with Gasteiger partial charge in [-0.1, -0.05) is 32.1 Å². The quantitative estimate of drug-likeness (QED) is 0.759. The highest BCUT2D eigenvalue weighted by Crippen LogP contribution is 2.39. The summed E-state index contributed by atoms with van der Waals surface area (Å²) in [6.45, 7) is 0.547. The van der Waals surface area contributed by atoms with Crippen LogP contribution in [-0.2, 0) is 14.3 Å². The van der Waals surface area contributed by atoms with Crippen molar-refractivity contribution in [3.05, 3.63) is 0 Å². The highest BCUT2D eigenvalue weighted by Gasteiger charge is 2.44. The van der Waals surface area contributed by atoms with Gasteiger partial charge in [0.1, 0.15) is 5.54 Å². The second-order valence-electron chi connectivity index (χ2n) is 6.77. The first kappa shape index (κ1) is 16.3. The van der Waals surface area contributed by atoms with Crippen molar-refractivity contribution in [1.29, 1.82) is 0 Å². The minimum absolute atomic E-state index is 0.0466. The van der Waals surface area contributed by atoms with Gasteiger partial charge in [0, 0.05) is 6.42 Å². The van der Waals surface area contributed by atoms with E-state index in [0.29, 0.717) is 25.8 Å². The number of nitrogens with two attached hydrogens (primary N) is 1. The molecule has 120 valence electrons. The fraction of sp³-hybridized carbons (Fsp3) is 0.875. The first-order chi connectivity index (χ1) is 10.1. The summed E-state index contributed by atoms with van der Waals surface area (Å²) >= 11 is 0. The number of esters is 1. The highest BCUT2D eigenvalue weighted by atomic mass is 16.5. The Morgan fingerprint density at radius 3 is 2.14 bits per heavy atom. The third kappa shape index (κ3) is 3.57. The molecule has 0 aromatic heterocycles. The number of hydrogen-bond donors (Lipinski definition) is 2. The Labute approximate surface area is 127 Å². The summed E-state index contributed by atoms with van der Waals surface area (Å²) in [5, 5.41) is 2.98. The van der Waals surface area contributed by atoms with Crippen molar-refractivity contribution in [1.82, 2.24) is 5.32 Å². The Kier molecular flexibility index (Phi) is 5.25. The summed E-state index contributed by atoms with van der Waals surface area (Å²) in [7, 11) is 1.39. The van der Waals surface area contributed by atoms with Crippen molar-refractivity contribution in [2.75, 3.05) is 13.7 Å². The molecule has 5 nitrogen and oxygen atoms in total. The van der Waals surface area contributed by atoms with E-state index in [2.05, 4.69) is 5.32 Å². The average Bonchev–Trinajstić information content (AvgIpc) is 2.96. The third-order valence-corrected chi connectivity index (χ3v) is 5.29. The van der Waals surface area contributed by atoms with Crippen LogP contribution in [0.25, 0.3) is 0 Å². The molecule has 0 aromatic carbocycles. The van der Waals surface area contributed by atoms with Crippen LogP contribution in [0.15, 0.2) is 0 Å². The summed E-state index contributed by atoms with van der Waals surface area (Å²) < 4.78 is 4.90. The lowest BCUT2D eigenvalue weighted by molar-refractivity contribution is -0.151. The Balaban J connectivity index is 2.00. The monoisotopic (exact) mass is 296 g/mol. The van der Waals surface area contributed by atoms with Gasteiger partial charge in [-0.2, -0.15) is 0 Å². The second-order valence-corrected chi connectivity index (χ2v) is 6.77. The predicted molar refractivity (Wildman–Crippen MR) is 80.5 cm³/mol. The lowest BCUT2D eigenvalue weighted by Crippen LogP contribution is -2.54. The smallest absolute Gasteiger partial charge is 0.331 e. The maximum Gasteiger partial charge on any atom is 0.331 e. The van der Waals surface area contributed by atoms with Crippen LogP contribution in [-0.4, -0.2) is 31.1 Å². The van der Waals surface area contributed by atoms with Gasteiger partial charge in [0.25, 0.3) is 0 Å². The zero-order valence-electron chi connectivity index (χ0n) is 13.1. The van der Waals surface area contributed by atoms with Crippen molar-refractivity contribution < 1.29 is 14.3 Å². The van der Waals surface area contributed by atoms with Gasteiger partial charge in [0.2, 0.25) is 5.91 Å². The summed E-state index contributed by atoms with van der Waals surface area (Å²) in [6, 6.07) is 0. The van der Waals surface area contributed by atoms with Crippen LogP contribution < -0.4 is 11.1 Å². The van der Waals surface area contributed by atoms with Gasteiger partial charge in [0.15, 0.2) is 0 Å². The van der Waals surface area contributed by atoms with Crippen LogP contribution in [0.5, 0.6) is 0 Å². The minimum atomic E-state index is -0.795. The normalized spacial score (nSPS) is 23.5. The molecule has 2 saturated carbocycles. The number of rotatable bonds is 5. The topological polar surface area (TPSA) is 81.4 Å². The lowest BCUT2D eigenvalue weighted by atomic mass is 9.71. The summed E-state index contributed by atoms with van der Waals surface area (Å²) in [4.78, 5) is 24.5. The molecular formula is C16H28N2O3. The number of carbonyl (C=O) groups excluding carboxylic acids is 2. The Hall–Kier alpha value is -1.10. The molecule has 0 saturated heterocycles. The molecule has 5 heteroatoms. The molecule has 0 unspecified atom stereocenters. The summed E-state index contributed by atoms with van der Waals surface area (Å²) in [5.41, 5.74) is 5.08. The first-order valence-electron chi connectivity index (χ1n) is 8.15. The second kappa shape index (κ2) is 6.77. The zero-order valence-corrected chi connectivity index (χ0v) is 13.1. The molecule has 0 spiro atoms. The fourth-order valence-corrected chi connectivity index (χ4v) is 3.96. The van der Waals surface area contributed by atoms with E-state index in [0.717, 1.165) is 38.5 Å². The van der Waals surface area contributed by atoms with Crippen LogP contribution >= 0.6 is 0 Å². The van der Waals surface area contributed by atoms with Crippen molar-refractivity contribution in [3.8, 4) is 0 Å². The summed E-state index contributed by atoms with van der Waals surface area (Å²) in [5.74, 6) is -0.353. The standard InChI is InChI=1S/C16H28N2O3/c1-21-14(20)16(9-5-6-10-16)18-13(19)11-15(12-17)7-3-2-4-8-15/h2-12,17H2,1H3,(H,18,19). The molecule has 0 bridgehead atoms. The zero-order chi connectivity index (χ0) is 15.3.